The number of carbonyl (C=O) groups excluding carboxylic acids is 1. The van der Waals surface area contributed by atoms with E-state index < -0.39 is 10.0 Å². The van der Waals surface area contributed by atoms with Gasteiger partial charge in [0, 0.05) is 18.9 Å². The molecule has 0 unspecified atom stereocenters. The predicted molar refractivity (Wildman–Crippen MR) is 109 cm³/mol. The number of amides is 1. The molecule has 0 radical (unpaired) electrons. The van der Waals surface area contributed by atoms with Gasteiger partial charge >= 0.3 is 0 Å². The van der Waals surface area contributed by atoms with Crippen molar-refractivity contribution in [2.75, 3.05) is 17.1 Å². The highest BCUT2D eigenvalue weighted by Gasteiger charge is 2.22. The number of carbonyl (C=O) groups is 1. The molecular weight excluding hydrogens is 376 g/mol. The summed E-state index contributed by atoms with van der Waals surface area (Å²) < 4.78 is 27.5. The summed E-state index contributed by atoms with van der Waals surface area (Å²) in [6.07, 6.45) is 6.29. The molecule has 2 aromatic carbocycles. The molecule has 0 aliphatic carbocycles. The fraction of sp³-hybridized carbons (Fsp3) is 0.200. The lowest BCUT2D eigenvalue weighted by Gasteiger charge is -2.23. The maximum atomic E-state index is 12.5. The minimum atomic E-state index is -3.60. The summed E-state index contributed by atoms with van der Waals surface area (Å²) in [4.78, 5) is 16.6. The second kappa shape index (κ2) is 8.26. The fourth-order valence-corrected chi connectivity index (χ4v) is 3.83. The maximum absolute atomic E-state index is 12.5. The molecule has 1 aromatic heterocycles. The Bertz CT molecular complexity index is 1060. The van der Waals surface area contributed by atoms with Gasteiger partial charge in [-0.1, -0.05) is 36.4 Å². The number of hydrogen-bond donors (Lipinski definition) is 1. The quantitative estimate of drug-likeness (QED) is 0.662. The zero-order chi connectivity index (χ0) is 20.1. The number of nitrogens with zero attached hydrogens (tertiary/aromatic N) is 3. The second-order valence-corrected chi connectivity index (χ2v) is 8.34. The van der Waals surface area contributed by atoms with Gasteiger partial charge in [-0.05, 0) is 30.2 Å². The Morgan fingerprint density at radius 3 is 2.54 bits per heavy atom. The van der Waals surface area contributed by atoms with Gasteiger partial charge in [-0.2, -0.15) is 0 Å². The van der Waals surface area contributed by atoms with Crippen LogP contribution in [0.2, 0.25) is 0 Å². The summed E-state index contributed by atoms with van der Waals surface area (Å²) in [6, 6.07) is 14.7. The van der Waals surface area contributed by atoms with Gasteiger partial charge in [0.25, 0.3) is 0 Å². The van der Waals surface area contributed by atoms with Gasteiger partial charge in [-0.25, -0.2) is 13.4 Å². The second-order valence-electron chi connectivity index (χ2n) is 6.43. The molecule has 3 aromatic rings. The first-order valence-corrected chi connectivity index (χ1v) is 10.6. The van der Waals surface area contributed by atoms with E-state index in [4.69, 9.17) is 0 Å². The number of rotatable bonds is 7. The van der Waals surface area contributed by atoms with Crippen LogP contribution in [0.15, 0.2) is 67.3 Å². The van der Waals surface area contributed by atoms with Crippen molar-refractivity contribution in [2.45, 2.75) is 13.5 Å². The number of hydrogen-bond acceptors (Lipinski definition) is 4. The summed E-state index contributed by atoms with van der Waals surface area (Å²) in [6.45, 7) is 1.81. The van der Waals surface area contributed by atoms with E-state index in [0.29, 0.717) is 5.69 Å². The number of aryl methyl sites for hydroxylation is 1. The van der Waals surface area contributed by atoms with Crippen LogP contribution >= 0.6 is 0 Å². The molecular formula is C20H22N4O3S. The molecule has 0 aliphatic heterocycles. The SMILES string of the molecule is Cc1ccccc1N(CC(=O)NCc1ccccc1-n1ccnc1)S(C)(=O)=O. The van der Waals surface area contributed by atoms with E-state index in [1.807, 2.05) is 54.1 Å². The van der Waals surface area contributed by atoms with E-state index in [0.717, 1.165) is 27.4 Å². The average Bonchev–Trinajstić information content (AvgIpc) is 3.19. The Hall–Kier alpha value is -3.13. The molecule has 0 bridgehead atoms. The normalized spacial score (nSPS) is 11.2. The van der Waals surface area contributed by atoms with Gasteiger partial charge in [0.1, 0.15) is 6.54 Å². The monoisotopic (exact) mass is 398 g/mol. The van der Waals surface area contributed by atoms with E-state index in [1.54, 1.807) is 24.7 Å². The Morgan fingerprint density at radius 1 is 1.14 bits per heavy atom. The molecule has 0 saturated carbocycles. The third-order valence-corrected chi connectivity index (χ3v) is 5.45. The van der Waals surface area contributed by atoms with Crippen molar-refractivity contribution in [2.24, 2.45) is 0 Å². The minimum absolute atomic E-state index is 0.276. The van der Waals surface area contributed by atoms with Crippen molar-refractivity contribution in [1.29, 1.82) is 0 Å². The van der Waals surface area contributed by atoms with Gasteiger partial charge in [0.05, 0.1) is 24.0 Å². The molecule has 28 heavy (non-hydrogen) atoms. The van der Waals surface area contributed by atoms with Gasteiger partial charge in [-0.15, -0.1) is 0 Å². The summed E-state index contributed by atoms with van der Waals surface area (Å²) >= 11 is 0. The van der Waals surface area contributed by atoms with Crippen molar-refractivity contribution in [3.8, 4) is 5.69 Å². The van der Waals surface area contributed by atoms with Crippen molar-refractivity contribution in [3.05, 3.63) is 78.4 Å². The van der Waals surface area contributed by atoms with Crippen molar-refractivity contribution in [1.82, 2.24) is 14.9 Å². The standard InChI is InChI=1S/C20H22N4O3S/c1-16-7-3-5-9-18(16)24(28(2,26)27)14-20(25)22-13-17-8-4-6-10-19(17)23-12-11-21-15-23/h3-12,15H,13-14H2,1-2H3,(H,22,25). The van der Waals surface area contributed by atoms with Gasteiger partial charge in [-0.3, -0.25) is 9.10 Å². The lowest BCUT2D eigenvalue weighted by molar-refractivity contribution is -0.119. The minimum Gasteiger partial charge on any atom is -0.350 e. The molecule has 3 rings (SSSR count). The molecule has 0 aliphatic rings. The van der Waals surface area contributed by atoms with E-state index in [1.165, 1.54) is 0 Å². The summed E-state index contributed by atoms with van der Waals surface area (Å²) in [5.74, 6) is -0.380. The topological polar surface area (TPSA) is 84.3 Å². The van der Waals surface area contributed by atoms with Gasteiger partial charge in [0.2, 0.25) is 15.9 Å². The molecule has 0 fully saturated rings. The first kappa shape index (κ1) is 19.6. The molecule has 0 saturated heterocycles. The number of anilines is 1. The molecule has 1 heterocycles. The summed E-state index contributed by atoms with van der Waals surface area (Å²) in [5.41, 5.74) is 3.08. The van der Waals surface area contributed by atoms with E-state index in [-0.39, 0.29) is 19.0 Å². The Kier molecular flexibility index (Phi) is 5.79. The first-order valence-electron chi connectivity index (χ1n) is 8.72. The lowest BCUT2D eigenvalue weighted by atomic mass is 10.1. The van der Waals surface area contributed by atoms with Crippen LogP contribution in [0.1, 0.15) is 11.1 Å². The summed E-state index contributed by atoms with van der Waals surface area (Å²) in [5, 5.41) is 2.81. The van der Waals surface area contributed by atoms with E-state index >= 15 is 0 Å². The van der Waals surface area contributed by atoms with Gasteiger partial charge < -0.3 is 9.88 Å². The Labute approximate surface area is 164 Å². The van der Waals surface area contributed by atoms with Crippen LogP contribution in [0.4, 0.5) is 5.69 Å². The van der Waals surface area contributed by atoms with Crippen LogP contribution in [-0.2, 0) is 21.4 Å². The summed E-state index contributed by atoms with van der Waals surface area (Å²) in [7, 11) is -3.60. The fourth-order valence-electron chi connectivity index (χ4n) is 2.92. The van der Waals surface area contributed by atoms with Crippen LogP contribution in [0.25, 0.3) is 5.69 Å². The molecule has 0 spiro atoms. The molecule has 146 valence electrons. The van der Waals surface area contributed by atoms with Crippen LogP contribution in [0, 0.1) is 6.92 Å². The van der Waals surface area contributed by atoms with Gasteiger partial charge in [0.15, 0.2) is 0 Å². The Balaban J connectivity index is 1.74. The highest BCUT2D eigenvalue weighted by Crippen LogP contribution is 2.21. The number of nitrogens with one attached hydrogen (secondary N) is 1. The highest BCUT2D eigenvalue weighted by molar-refractivity contribution is 7.92. The van der Waals surface area contributed by atoms with E-state index in [9.17, 15) is 13.2 Å². The lowest BCUT2D eigenvalue weighted by Crippen LogP contribution is -2.40. The zero-order valence-electron chi connectivity index (χ0n) is 15.7. The molecule has 0 atom stereocenters. The Morgan fingerprint density at radius 2 is 1.86 bits per heavy atom. The smallest absolute Gasteiger partial charge is 0.241 e. The number of sulfonamides is 1. The predicted octanol–water partition coefficient (Wildman–Crippen LogP) is 2.26. The third kappa shape index (κ3) is 4.58. The molecule has 7 nitrogen and oxygen atoms in total. The van der Waals surface area contributed by atoms with Crippen LogP contribution in [-0.4, -0.2) is 36.7 Å². The van der Waals surface area contributed by atoms with E-state index in [2.05, 4.69) is 10.3 Å². The number of para-hydroxylation sites is 2. The van der Waals surface area contributed by atoms with Crippen molar-refractivity contribution >= 4 is 21.6 Å². The average molecular weight is 398 g/mol. The largest absolute Gasteiger partial charge is 0.350 e. The van der Waals surface area contributed by atoms with Crippen LogP contribution < -0.4 is 9.62 Å². The third-order valence-electron chi connectivity index (χ3n) is 4.32. The zero-order valence-corrected chi connectivity index (χ0v) is 16.6. The molecule has 8 heteroatoms. The number of benzene rings is 2. The van der Waals surface area contributed by atoms with Crippen LogP contribution in [0.3, 0.4) is 0 Å². The maximum Gasteiger partial charge on any atom is 0.241 e. The highest BCUT2D eigenvalue weighted by atomic mass is 32.2. The van der Waals surface area contributed by atoms with Crippen molar-refractivity contribution < 1.29 is 13.2 Å². The van der Waals surface area contributed by atoms with Crippen LogP contribution in [0.5, 0.6) is 0 Å². The molecule has 1 N–H and O–H groups in total. The number of aromatic nitrogens is 2. The first-order chi connectivity index (χ1) is 13.4. The molecule has 1 amide bonds. The van der Waals surface area contributed by atoms with Crippen molar-refractivity contribution in [3.63, 3.8) is 0 Å². The number of imidazole rings is 1.